The van der Waals surface area contributed by atoms with Crippen LogP contribution in [0.2, 0.25) is 5.02 Å². The smallest absolute Gasteiger partial charge is 0.229 e. The number of amides is 1. The molecule has 1 amide bonds. The van der Waals surface area contributed by atoms with Crippen LogP contribution >= 0.6 is 40.2 Å². The maximum Gasteiger partial charge on any atom is 0.229 e. The number of thiol groups is 1. The molecule has 1 aromatic heterocycles. The van der Waals surface area contributed by atoms with Gasteiger partial charge in [0.1, 0.15) is 10.4 Å². The minimum atomic E-state index is 0.0525. The Morgan fingerprint density at radius 3 is 2.87 bits per heavy atom. The van der Waals surface area contributed by atoms with Gasteiger partial charge in [-0.2, -0.15) is 12.6 Å². The Balaban J connectivity index is 2.30. The minimum Gasteiger partial charge on any atom is -0.296 e. The highest BCUT2D eigenvalue weighted by Crippen LogP contribution is 2.27. The maximum absolute atomic E-state index is 11.6. The highest BCUT2D eigenvalue weighted by Gasteiger charge is 2.29. The summed E-state index contributed by atoms with van der Waals surface area (Å²) in [5.41, 5.74) is 0. The van der Waals surface area contributed by atoms with Crippen LogP contribution in [0.4, 0.5) is 5.82 Å². The molecule has 0 radical (unpaired) electrons. The monoisotopic (exact) mass is 306 g/mol. The van der Waals surface area contributed by atoms with Crippen molar-refractivity contribution in [1.82, 2.24) is 4.98 Å². The van der Waals surface area contributed by atoms with Crippen molar-refractivity contribution in [1.29, 1.82) is 0 Å². The lowest BCUT2D eigenvalue weighted by atomic mass is 10.4. The number of halogens is 2. The van der Waals surface area contributed by atoms with Gasteiger partial charge in [-0.1, -0.05) is 11.6 Å². The van der Waals surface area contributed by atoms with Crippen molar-refractivity contribution >= 4 is 51.9 Å². The summed E-state index contributed by atoms with van der Waals surface area (Å²) in [7, 11) is 0. The Kier molecular flexibility index (Phi) is 3.23. The molecule has 0 saturated carbocycles. The molecule has 15 heavy (non-hydrogen) atoms. The fourth-order valence-electron chi connectivity index (χ4n) is 1.47. The van der Waals surface area contributed by atoms with Gasteiger partial charge in [0.2, 0.25) is 5.91 Å². The van der Waals surface area contributed by atoms with E-state index in [9.17, 15) is 4.79 Å². The summed E-state index contributed by atoms with van der Waals surface area (Å²) in [4.78, 5) is 17.4. The molecule has 1 atom stereocenters. The van der Waals surface area contributed by atoms with E-state index < -0.39 is 0 Å². The first-order valence-electron chi connectivity index (χ1n) is 4.38. The Labute approximate surface area is 106 Å². The Morgan fingerprint density at radius 2 is 2.33 bits per heavy atom. The van der Waals surface area contributed by atoms with Gasteiger partial charge in [-0.05, 0) is 28.1 Å². The Bertz CT molecular complexity index is 415. The number of hydrogen-bond donors (Lipinski definition) is 1. The summed E-state index contributed by atoms with van der Waals surface area (Å²) in [6.45, 7) is 0.600. The van der Waals surface area contributed by atoms with Crippen molar-refractivity contribution < 1.29 is 4.79 Å². The number of carbonyl (C=O) groups excluding carboxylic acids is 1. The lowest BCUT2D eigenvalue weighted by Gasteiger charge is -2.14. The normalized spacial score (nSPS) is 21.1. The van der Waals surface area contributed by atoms with Crippen LogP contribution in [-0.2, 0) is 4.79 Å². The van der Waals surface area contributed by atoms with Gasteiger partial charge >= 0.3 is 0 Å². The molecule has 6 heteroatoms. The van der Waals surface area contributed by atoms with E-state index >= 15 is 0 Å². The average Bonchev–Trinajstić information content (AvgIpc) is 2.50. The summed E-state index contributed by atoms with van der Waals surface area (Å²) in [6, 6.07) is 3.45. The van der Waals surface area contributed by atoms with E-state index in [1.807, 2.05) is 0 Å². The summed E-state index contributed by atoms with van der Waals surface area (Å²) in [6.07, 6.45) is 0.463. The van der Waals surface area contributed by atoms with Crippen molar-refractivity contribution in [3.05, 3.63) is 21.8 Å². The molecule has 80 valence electrons. The lowest BCUT2D eigenvalue weighted by Crippen LogP contribution is -2.25. The van der Waals surface area contributed by atoms with Gasteiger partial charge in [0.05, 0.1) is 5.02 Å². The number of aromatic nitrogens is 1. The second kappa shape index (κ2) is 4.31. The van der Waals surface area contributed by atoms with Crippen LogP contribution in [0.15, 0.2) is 16.7 Å². The van der Waals surface area contributed by atoms with Gasteiger partial charge in [0.15, 0.2) is 0 Å². The van der Waals surface area contributed by atoms with Gasteiger partial charge < -0.3 is 0 Å². The van der Waals surface area contributed by atoms with E-state index in [0.29, 0.717) is 28.4 Å². The molecule has 0 spiro atoms. The molecule has 1 aliphatic rings. The number of carbonyl (C=O) groups is 1. The third-order valence-corrected chi connectivity index (χ3v) is 3.65. The number of nitrogens with zero attached hydrogens (tertiary/aromatic N) is 2. The number of rotatable bonds is 1. The molecule has 1 aliphatic heterocycles. The van der Waals surface area contributed by atoms with Crippen molar-refractivity contribution in [3.8, 4) is 0 Å². The molecule has 2 heterocycles. The van der Waals surface area contributed by atoms with Crippen molar-refractivity contribution in [2.45, 2.75) is 11.7 Å². The average molecular weight is 308 g/mol. The molecule has 0 aromatic carbocycles. The first-order valence-corrected chi connectivity index (χ1v) is 6.07. The first-order chi connectivity index (χ1) is 7.08. The molecule has 1 unspecified atom stereocenters. The van der Waals surface area contributed by atoms with Crippen molar-refractivity contribution in [2.24, 2.45) is 0 Å². The molecule has 2 rings (SSSR count). The predicted octanol–water partition coefficient (Wildman–Crippen LogP) is 2.53. The molecule has 3 nitrogen and oxygen atoms in total. The first kappa shape index (κ1) is 11.2. The zero-order chi connectivity index (χ0) is 11.0. The topological polar surface area (TPSA) is 33.2 Å². The zero-order valence-corrected chi connectivity index (χ0v) is 10.9. The third kappa shape index (κ3) is 2.29. The molecule has 1 saturated heterocycles. The van der Waals surface area contributed by atoms with E-state index in [2.05, 4.69) is 33.5 Å². The van der Waals surface area contributed by atoms with E-state index in [1.54, 1.807) is 17.0 Å². The standard InChI is InChI=1S/C9H8BrClN2OS/c10-9-6(11)1-2-7(12-9)13-4-5(15)3-8(13)14/h1-2,5,15H,3-4H2. The molecule has 1 aromatic rings. The zero-order valence-electron chi connectivity index (χ0n) is 7.65. The summed E-state index contributed by atoms with van der Waals surface area (Å²) >= 11 is 13.3. The Hall–Kier alpha value is -0.260. The van der Waals surface area contributed by atoms with Gasteiger partial charge in [-0.25, -0.2) is 4.98 Å². The summed E-state index contributed by atoms with van der Waals surface area (Å²) in [5.74, 6) is 0.671. The second-order valence-corrected chi connectivity index (χ2v) is 5.19. The number of anilines is 1. The second-order valence-electron chi connectivity index (χ2n) is 3.30. The number of pyridine rings is 1. The largest absolute Gasteiger partial charge is 0.296 e. The van der Waals surface area contributed by atoms with Crippen LogP contribution in [0.5, 0.6) is 0 Å². The van der Waals surface area contributed by atoms with Gasteiger partial charge in [-0.15, -0.1) is 0 Å². The molecule has 1 fully saturated rings. The SMILES string of the molecule is O=C1CC(S)CN1c1ccc(Cl)c(Br)n1. The van der Waals surface area contributed by atoms with Gasteiger partial charge in [0.25, 0.3) is 0 Å². The predicted molar refractivity (Wildman–Crippen MR) is 66.7 cm³/mol. The van der Waals surface area contributed by atoms with Gasteiger partial charge in [0, 0.05) is 18.2 Å². The van der Waals surface area contributed by atoms with Gasteiger partial charge in [-0.3, -0.25) is 9.69 Å². The van der Waals surface area contributed by atoms with Crippen molar-refractivity contribution in [2.75, 3.05) is 11.4 Å². The minimum absolute atomic E-state index is 0.0525. The quantitative estimate of drug-likeness (QED) is 0.639. The van der Waals surface area contributed by atoms with Crippen LogP contribution in [-0.4, -0.2) is 22.7 Å². The fourth-order valence-corrected chi connectivity index (χ4v) is 2.21. The van der Waals surface area contributed by atoms with Crippen LogP contribution in [0.25, 0.3) is 0 Å². The van der Waals surface area contributed by atoms with E-state index in [-0.39, 0.29) is 11.2 Å². The molecular formula is C9H8BrClN2OS. The Morgan fingerprint density at radius 1 is 1.60 bits per heavy atom. The summed E-state index contributed by atoms with van der Waals surface area (Å²) < 4.78 is 0.553. The highest BCUT2D eigenvalue weighted by molar-refractivity contribution is 9.10. The fraction of sp³-hybridized carbons (Fsp3) is 0.333. The number of hydrogen-bond acceptors (Lipinski definition) is 3. The molecule has 0 bridgehead atoms. The third-order valence-electron chi connectivity index (χ3n) is 2.17. The van der Waals surface area contributed by atoms with Crippen molar-refractivity contribution in [3.63, 3.8) is 0 Å². The summed E-state index contributed by atoms with van der Waals surface area (Å²) in [5, 5.41) is 0.626. The van der Waals surface area contributed by atoms with Crippen LogP contribution in [0.1, 0.15) is 6.42 Å². The van der Waals surface area contributed by atoms with Crippen LogP contribution in [0.3, 0.4) is 0 Å². The van der Waals surface area contributed by atoms with E-state index in [4.69, 9.17) is 11.6 Å². The highest BCUT2D eigenvalue weighted by atomic mass is 79.9. The van der Waals surface area contributed by atoms with E-state index in [0.717, 1.165) is 0 Å². The van der Waals surface area contributed by atoms with Crippen LogP contribution in [0, 0.1) is 0 Å². The lowest BCUT2D eigenvalue weighted by molar-refractivity contribution is -0.117. The maximum atomic E-state index is 11.6. The molecular weight excluding hydrogens is 300 g/mol. The molecule has 0 N–H and O–H groups in total. The van der Waals surface area contributed by atoms with Crippen LogP contribution < -0.4 is 4.90 Å². The van der Waals surface area contributed by atoms with E-state index in [1.165, 1.54) is 0 Å². The molecule has 0 aliphatic carbocycles.